The maximum Gasteiger partial charge on any atom is 0.240 e. The van der Waals surface area contributed by atoms with Gasteiger partial charge in [0.25, 0.3) is 0 Å². The summed E-state index contributed by atoms with van der Waals surface area (Å²) in [6.07, 6.45) is 5.92. The first-order valence-electron chi connectivity index (χ1n) is 11.3. The van der Waals surface area contributed by atoms with Crippen molar-refractivity contribution < 1.29 is 4.79 Å². The van der Waals surface area contributed by atoms with Crippen LogP contribution in [0.25, 0.3) is 17.1 Å². The largest absolute Gasteiger partial charge is 0.296 e. The number of halogens is 2. The average molecular weight is 469 g/mol. The van der Waals surface area contributed by atoms with Crippen LogP contribution in [0.3, 0.4) is 0 Å². The molecule has 2 fully saturated rings. The van der Waals surface area contributed by atoms with Crippen LogP contribution in [0.15, 0.2) is 48.5 Å². The van der Waals surface area contributed by atoms with Gasteiger partial charge in [0, 0.05) is 41.0 Å². The summed E-state index contributed by atoms with van der Waals surface area (Å²) in [6.45, 7) is 1.82. The van der Waals surface area contributed by atoms with Crippen molar-refractivity contribution in [1.82, 2.24) is 20.0 Å². The lowest BCUT2D eigenvalue weighted by Crippen LogP contribution is -2.45. The highest BCUT2D eigenvalue weighted by Crippen LogP contribution is 2.45. The number of carbonyl (C=O) groups excluding carboxylic acids is 1. The third-order valence-corrected chi connectivity index (χ3v) is 6.70. The minimum atomic E-state index is -0.0136. The number of hydrogen-bond donors (Lipinski definition) is 1. The zero-order valence-corrected chi connectivity index (χ0v) is 19.4. The minimum Gasteiger partial charge on any atom is -0.296 e. The van der Waals surface area contributed by atoms with Crippen molar-refractivity contribution in [3.05, 3.63) is 70.0 Å². The third-order valence-electron chi connectivity index (χ3n) is 6.12. The summed E-state index contributed by atoms with van der Waals surface area (Å²) < 4.78 is 2.17. The van der Waals surface area contributed by atoms with Crippen LogP contribution in [0.5, 0.6) is 0 Å². The summed E-state index contributed by atoms with van der Waals surface area (Å²) in [5.74, 6) is 1.15. The number of piperidine rings is 1. The molecule has 1 N–H and O–H groups in total. The van der Waals surface area contributed by atoms with Gasteiger partial charge >= 0.3 is 0 Å². The van der Waals surface area contributed by atoms with E-state index >= 15 is 0 Å². The number of hydrazine groups is 1. The fourth-order valence-electron chi connectivity index (χ4n) is 4.43. The summed E-state index contributed by atoms with van der Waals surface area (Å²) in [4.78, 5) is 17.9. The van der Waals surface area contributed by atoms with Gasteiger partial charge in [0.2, 0.25) is 5.91 Å². The molecule has 1 saturated heterocycles. The van der Waals surface area contributed by atoms with Crippen molar-refractivity contribution in [3.8, 4) is 17.1 Å². The van der Waals surface area contributed by atoms with Crippen LogP contribution in [0.4, 0.5) is 0 Å². The number of hydrogen-bond acceptors (Lipinski definition) is 3. The molecule has 32 heavy (non-hydrogen) atoms. The number of nitrogens with zero attached hydrogens (tertiary/aromatic N) is 3. The van der Waals surface area contributed by atoms with Crippen LogP contribution in [0, 0.1) is 0 Å². The highest BCUT2D eigenvalue weighted by molar-refractivity contribution is 6.33. The quantitative estimate of drug-likeness (QED) is 0.498. The van der Waals surface area contributed by atoms with Crippen LogP contribution in [0.2, 0.25) is 10.0 Å². The number of carbonyl (C=O) groups is 1. The molecule has 0 atom stereocenters. The van der Waals surface area contributed by atoms with Crippen LogP contribution < -0.4 is 5.43 Å². The van der Waals surface area contributed by atoms with E-state index in [0.29, 0.717) is 16.0 Å². The van der Waals surface area contributed by atoms with Gasteiger partial charge in [-0.15, -0.1) is 0 Å². The molecule has 5 rings (SSSR count). The maximum absolute atomic E-state index is 12.9. The predicted octanol–water partition coefficient (Wildman–Crippen LogP) is 5.78. The molecule has 1 aromatic heterocycles. The van der Waals surface area contributed by atoms with Crippen molar-refractivity contribution in [1.29, 1.82) is 0 Å². The Labute approximate surface area is 198 Å². The second-order valence-electron chi connectivity index (χ2n) is 8.59. The number of amides is 1. The molecular formula is C25H26Cl2N4O. The SMILES string of the molecule is O=C(Cc1nc(-c2ccccc2Cl)n(-c2ccc(Cl)cc2)c1C1CC1)NN1CCCCC1. The van der Waals surface area contributed by atoms with Gasteiger partial charge in [-0.2, -0.15) is 0 Å². The van der Waals surface area contributed by atoms with E-state index in [1.807, 2.05) is 53.5 Å². The molecule has 2 heterocycles. The molecule has 0 radical (unpaired) electrons. The molecule has 0 unspecified atom stereocenters. The van der Waals surface area contributed by atoms with Gasteiger partial charge in [-0.25, -0.2) is 9.99 Å². The van der Waals surface area contributed by atoms with E-state index < -0.39 is 0 Å². The summed E-state index contributed by atoms with van der Waals surface area (Å²) in [5, 5.41) is 3.36. The van der Waals surface area contributed by atoms with Crippen molar-refractivity contribution in [3.63, 3.8) is 0 Å². The van der Waals surface area contributed by atoms with Gasteiger partial charge in [-0.1, -0.05) is 41.8 Å². The van der Waals surface area contributed by atoms with Crippen LogP contribution >= 0.6 is 23.2 Å². The molecule has 166 valence electrons. The van der Waals surface area contributed by atoms with Gasteiger partial charge in [-0.05, 0) is 62.1 Å². The highest BCUT2D eigenvalue weighted by Gasteiger charge is 2.34. The van der Waals surface area contributed by atoms with Gasteiger partial charge in [0.15, 0.2) is 0 Å². The lowest BCUT2D eigenvalue weighted by atomic mass is 10.1. The fraction of sp³-hybridized carbons (Fsp3) is 0.360. The summed E-state index contributed by atoms with van der Waals surface area (Å²) in [7, 11) is 0. The van der Waals surface area contributed by atoms with Crippen molar-refractivity contribution in [2.24, 2.45) is 0 Å². The number of imidazole rings is 1. The molecule has 5 nitrogen and oxygen atoms in total. The van der Waals surface area contributed by atoms with Crippen LogP contribution in [0.1, 0.15) is 49.4 Å². The monoisotopic (exact) mass is 468 g/mol. The lowest BCUT2D eigenvalue weighted by molar-refractivity contribution is -0.125. The molecule has 1 aliphatic heterocycles. The molecule has 1 amide bonds. The normalized spacial score (nSPS) is 16.8. The van der Waals surface area contributed by atoms with E-state index in [9.17, 15) is 4.79 Å². The minimum absolute atomic E-state index is 0.0136. The average Bonchev–Trinajstić information content (AvgIpc) is 3.57. The Balaban J connectivity index is 1.56. The maximum atomic E-state index is 12.9. The van der Waals surface area contributed by atoms with Crippen LogP contribution in [-0.2, 0) is 11.2 Å². The van der Waals surface area contributed by atoms with E-state index in [1.54, 1.807) is 0 Å². The summed E-state index contributed by atoms with van der Waals surface area (Å²) >= 11 is 12.7. The van der Waals surface area contributed by atoms with Gasteiger partial charge < -0.3 is 0 Å². The van der Waals surface area contributed by atoms with Crippen molar-refractivity contribution in [2.75, 3.05) is 13.1 Å². The molecule has 0 spiro atoms. The second-order valence-corrected chi connectivity index (χ2v) is 9.44. The Morgan fingerprint density at radius 2 is 1.72 bits per heavy atom. The van der Waals surface area contributed by atoms with Crippen molar-refractivity contribution >= 4 is 29.1 Å². The molecule has 1 saturated carbocycles. The second kappa shape index (κ2) is 9.26. The third kappa shape index (κ3) is 4.56. The smallest absolute Gasteiger partial charge is 0.240 e. The standard InChI is InChI=1S/C25H26Cl2N4O/c26-18-10-12-19(13-11-18)31-24(17-8-9-17)22(16-23(32)29-30-14-4-1-5-15-30)28-25(31)20-6-2-3-7-21(20)27/h2-3,6-7,10-13,17H,1,4-5,8-9,14-16H2,(H,29,32). The Bertz CT molecular complexity index is 1120. The number of nitrogens with one attached hydrogen (secondary N) is 1. The summed E-state index contributed by atoms with van der Waals surface area (Å²) in [6, 6.07) is 15.5. The van der Waals surface area contributed by atoms with E-state index in [4.69, 9.17) is 28.2 Å². The first-order chi connectivity index (χ1) is 15.6. The van der Waals surface area contributed by atoms with E-state index in [0.717, 1.165) is 67.2 Å². The Kier molecular flexibility index (Phi) is 6.22. The van der Waals surface area contributed by atoms with Gasteiger partial charge in [-0.3, -0.25) is 14.8 Å². The molecule has 2 aromatic carbocycles. The first-order valence-corrected chi connectivity index (χ1v) is 12.0. The predicted molar refractivity (Wildman–Crippen MR) is 128 cm³/mol. The zero-order chi connectivity index (χ0) is 22.1. The molecule has 1 aliphatic carbocycles. The van der Waals surface area contributed by atoms with Gasteiger partial charge in [0.05, 0.1) is 17.1 Å². The number of aromatic nitrogens is 2. The molecule has 2 aliphatic rings. The van der Waals surface area contributed by atoms with E-state index in [2.05, 4.69) is 9.99 Å². The van der Waals surface area contributed by atoms with Gasteiger partial charge in [0.1, 0.15) is 5.82 Å². The lowest BCUT2D eigenvalue weighted by Gasteiger charge is -2.26. The van der Waals surface area contributed by atoms with Crippen molar-refractivity contribution in [2.45, 2.75) is 44.4 Å². The molecule has 7 heteroatoms. The molecular weight excluding hydrogens is 443 g/mol. The molecule has 0 bridgehead atoms. The molecule has 3 aromatic rings. The summed E-state index contributed by atoms with van der Waals surface area (Å²) in [5.41, 5.74) is 6.84. The Morgan fingerprint density at radius 3 is 2.41 bits per heavy atom. The Morgan fingerprint density at radius 1 is 1.00 bits per heavy atom. The number of benzene rings is 2. The van der Waals surface area contributed by atoms with E-state index in [1.165, 1.54) is 6.42 Å². The number of rotatable bonds is 6. The highest BCUT2D eigenvalue weighted by atomic mass is 35.5. The zero-order valence-electron chi connectivity index (χ0n) is 17.9. The fourth-order valence-corrected chi connectivity index (χ4v) is 4.78. The topological polar surface area (TPSA) is 50.2 Å². The van der Waals surface area contributed by atoms with Crippen LogP contribution in [-0.4, -0.2) is 33.6 Å². The first kappa shape index (κ1) is 21.5. The Hall–Kier alpha value is -2.34. The van der Waals surface area contributed by atoms with E-state index in [-0.39, 0.29) is 12.3 Å².